The molecule has 0 aromatic carbocycles. The molecular weight excluding hydrogens is 332 g/mol. The summed E-state index contributed by atoms with van der Waals surface area (Å²) in [6, 6.07) is 0. The van der Waals surface area contributed by atoms with Crippen LogP contribution < -0.4 is 0 Å². The minimum Gasteiger partial charge on any atom is -0.455 e. The normalized spacial score (nSPS) is 37.0. The molecule has 0 aromatic heterocycles. The van der Waals surface area contributed by atoms with E-state index in [0.717, 1.165) is 19.3 Å². The highest BCUT2D eigenvalue weighted by Gasteiger charge is 2.48. The van der Waals surface area contributed by atoms with Crippen LogP contribution in [0, 0.1) is 23.2 Å². The molecule has 0 aliphatic heterocycles. The third-order valence-electron chi connectivity index (χ3n) is 6.50. The van der Waals surface area contributed by atoms with Gasteiger partial charge in [0.25, 0.3) is 0 Å². The summed E-state index contributed by atoms with van der Waals surface area (Å²) in [6.07, 6.45) is 3.19. The number of carbonyl (C=O) groups excluding carboxylic acids is 3. The van der Waals surface area contributed by atoms with Gasteiger partial charge in [0.2, 0.25) is 0 Å². The Morgan fingerprint density at radius 1 is 1.31 bits per heavy atom. The number of hydrogen-bond acceptors (Lipinski definition) is 5. The molecule has 1 N–H and O–H groups in total. The Morgan fingerprint density at radius 2 is 2.00 bits per heavy atom. The van der Waals surface area contributed by atoms with Crippen LogP contribution in [0.1, 0.15) is 52.9 Å². The highest BCUT2D eigenvalue weighted by Crippen LogP contribution is 2.49. The lowest BCUT2D eigenvalue weighted by Gasteiger charge is -2.45. The average molecular weight is 360 g/mol. The smallest absolute Gasteiger partial charge is 0.303 e. The van der Waals surface area contributed by atoms with Crippen molar-refractivity contribution in [3.05, 3.63) is 23.8 Å². The number of Topliss-reactive ketones (excluding diaryl/α,β-unsaturated/α-hetero) is 2. The molecule has 1 saturated carbocycles. The molecular formula is C21H28O5. The summed E-state index contributed by atoms with van der Waals surface area (Å²) in [4.78, 5) is 37.4. The van der Waals surface area contributed by atoms with E-state index < -0.39 is 18.2 Å². The van der Waals surface area contributed by atoms with Crippen LogP contribution in [0.2, 0.25) is 0 Å². The van der Waals surface area contributed by atoms with E-state index in [1.165, 1.54) is 6.92 Å². The van der Waals surface area contributed by atoms with Crippen molar-refractivity contribution < 1.29 is 24.2 Å². The van der Waals surface area contributed by atoms with E-state index in [9.17, 15) is 19.5 Å². The number of fused-ring (bicyclic) bond motifs is 2. The average Bonchev–Trinajstić information content (AvgIpc) is 2.82. The molecule has 26 heavy (non-hydrogen) atoms. The van der Waals surface area contributed by atoms with Crippen molar-refractivity contribution in [3.8, 4) is 0 Å². The Kier molecular flexibility index (Phi) is 4.95. The Morgan fingerprint density at radius 3 is 2.65 bits per heavy atom. The van der Waals surface area contributed by atoms with Crippen molar-refractivity contribution in [1.82, 2.24) is 0 Å². The lowest BCUT2D eigenvalue weighted by molar-refractivity contribution is -0.157. The van der Waals surface area contributed by atoms with Crippen LogP contribution in [0.4, 0.5) is 0 Å². The van der Waals surface area contributed by atoms with E-state index in [0.29, 0.717) is 17.6 Å². The van der Waals surface area contributed by atoms with Crippen molar-refractivity contribution in [2.75, 3.05) is 0 Å². The lowest BCUT2D eigenvalue weighted by atomic mass is 9.60. The molecule has 142 valence electrons. The maximum atomic E-state index is 13.3. The molecule has 5 nitrogen and oxygen atoms in total. The highest BCUT2D eigenvalue weighted by molar-refractivity contribution is 6.11. The predicted octanol–water partition coefficient (Wildman–Crippen LogP) is 2.77. The van der Waals surface area contributed by atoms with E-state index in [1.807, 2.05) is 0 Å². The van der Waals surface area contributed by atoms with Crippen molar-refractivity contribution in [3.63, 3.8) is 0 Å². The first-order valence-electron chi connectivity index (χ1n) is 9.46. The molecule has 1 fully saturated rings. The van der Waals surface area contributed by atoms with Crippen molar-refractivity contribution >= 4 is 17.5 Å². The summed E-state index contributed by atoms with van der Waals surface area (Å²) in [5, 5.41) is 10.7. The number of esters is 1. The SMILES string of the molecule is C=C1C(=O)C2=CC1C[C@H](OC(C)=O)C(=O)C1CCCC(C)(C)[C@H]1C[C@H]2O. The molecule has 0 aromatic rings. The van der Waals surface area contributed by atoms with Crippen LogP contribution in [-0.2, 0) is 19.1 Å². The maximum absolute atomic E-state index is 13.3. The number of allylic oxidation sites excluding steroid dienone is 2. The molecule has 0 saturated heterocycles. The minimum absolute atomic E-state index is 0.0593. The van der Waals surface area contributed by atoms with E-state index in [4.69, 9.17) is 4.74 Å². The fourth-order valence-corrected chi connectivity index (χ4v) is 5.01. The number of hydrogen-bond donors (Lipinski definition) is 1. The fourth-order valence-electron chi connectivity index (χ4n) is 5.01. The fraction of sp³-hybridized carbons (Fsp3) is 0.667. The number of ketones is 2. The molecule has 3 aliphatic rings. The van der Waals surface area contributed by atoms with Gasteiger partial charge in [0.15, 0.2) is 17.7 Å². The number of aliphatic hydroxyl groups excluding tert-OH is 1. The standard InChI is InChI=1S/C21H28O5/c1-11-13-8-15(19(11)24)17(23)10-16-14(6-5-7-21(16,3)4)20(25)18(9-13)26-12(2)22/h8,13-14,16-18,23H,1,5-7,9-10H2,2-4H3/t13?,14?,16-,17+,18-/m0/s1. The summed E-state index contributed by atoms with van der Waals surface area (Å²) in [7, 11) is 0. The number of carbonyl (C=O) groups is 3. The second-order valence-corrected chi connectivity index (χ2v) is 8.66. The van der Waals surface area contributed by atoms with Gasteiger partial charge in [-0.25, -0.2) is 0 Å². The molecule has 0 heterocycles. The van der Waals surface area contributed by atoms with E-state index >= 15 is 0 Å². The molecule has 5 heteroatoms. The molecule has 2 bridgehead atoms. The molecule has 3 aliphatic carbocycles. The van der Waals surface area contributed by atoms with Crippen molar-refractivity contribution in [2.45, 2.75) is 65.1 Å². The zero-order chi connectivity index (χ0) is 19.2. The van der Waals surface area contributed by atoms with Gasteiger partial charge in [0.1, 0.15) is 0 Å². The number of rotatable bonds is 1. The summed E-state index contributed by atoms with van der Waals surface area (Å²) in [5.41, 5.74) is 0.627. The van der Waals surface area contributed by atoms with Gasteiger partial charge in [-0.05, 0) is 36.2 Å². The van der Waals surface area contributed by atoms with Crippen molar-refractivity contribution in [1.29, 1.82) is 0 Å². The third-order valence-corrected chi connectivity index (χ3v) is 6.50. The second-order valence-electron chi connectivity index (χ2n) is 8.66. The Labute approximate surface area is 154 Å². The molecule has 0 spiro atoms. The first kappa shape index (κ1) is 19.0. The van der Waals surface area contributed by atoms with Crippen LogP contribution in [-0.4, -0.2) is 34.9 Å². The van der Waals surface area contributed by atoms with Crippen LogP contribution in [0.3, 0.4) is 0 Å². The molecule has 3 rings (SSSR count). The van der Waals surface area contributed by atoms with Gasteiger partial charge in [-0.3, -0.25) is 14.4 Å². The molecule has 5 atom stereocenters. The number of ether oxygens (including phenoxy) is 1. The lowest BCUT2D eigenvalue weighted by Crippen LogP contribution is -2.45. The quantitative estimate of drug-likeness (QED) is 0.574. The Hall–Kier alpha value is -1.75. The Bertz CT molecular complexity index is 687. The van der Waals surface area contributed by atoms with Gasteiger partial charge in [-0.2, -0.15) is 0 Å². The highest BCUT2D eigenvalue weighted by atomic mass is 16.5. The predicted molar refractivity (Wildman–Crippen MR) is 96.1 cm³/mol. The van der Waals surface area contributed by atoms with E-state index in [1.54, 1.807) is 6.08 Å². The van der Waals surface area contributed by atoms with Gasteiger partial charge in [-0.15, -0.1) is 0 Å². The second kappa shape index (κ2) is 6.76. The minimum atomic E-state index is -0.882. The van der Waals surface area contributed by atoms with Crippen LogP contribution in [0.25, 0.3) is 0 Å². The summed E-state index contributed by atoms with van der Waals surface area (Å²) in [6.45, 7) is 9.38. The first-order chi connectivity index (χ1) is 12.1. The zero-order valence-corrected chi connectivity index (χ0v) is 15.8. The summed E-state index contributed by atoms with van der Waals surface area (Å²) < 4.78 is 5.38. The molecule has 0 amide bonds. The van der Waals surface area contributed by atoms with Gasteiger partial charge in [0, 0.05) is 30.8 Å². The van der Waals surface area contributed by atoms with Gasteiger partial charge < -0.3 is 9.84 Å². The van der Waals surface area contributed by atoms with E-state index in [-0.39, 0.29) is 41.2 Å². The van der Waals surface area contributed by atoms with Crippen LogP contribution in [0.5, 0.6) is 0 Å². The zero-order valence-electron chi connectivity index (χ0n) is 15.8. The summed E-state index contributed by atoms with van der Waals surface area (Å²) in [5.74, 6) is -1.49. The summed E-state index contributed by atoms with van der Waals surface area (Å²) >= 11 is 0. The maximum Gasteiger partial charge on any atom is 0.303 e. The number of aliphatic hydroxyl groups is 1. The van der Waals surface area contributed by atoms with Crippen LogP contribution in [0.15, 0.2) is 23.8 Å². The van der Waals surface area contributed by atoms with Gasteiger partial charge >= 0.3 is 5.97 Å². The largest absolute Gasteiger partial charge is 0.455 e. The van der Waals surface area contributed by atoms with Crippen LogP contribution >= 0.6 is 0 Å². The monoisotopic (exact) mass is 360 g/mol. The topological polar surface area (TPSA) is 80.7 Å². The first-order valence-corrected chi connectivity index (χ1v) is 9.46. The third kappa shape index (κ3) is 3.29. The van der Waals surface area contributed by atoms with Gasteiger partial charge in [-0.1, -0.05) is 32.9 Å². The molecule has 2 unspecified atom stereocenters. The van der Waals surface area contributed by atoms with E-state index in [2.05, 4.69) is 20.4 Å². The van der Waals surface area contributed by atoms with Gasteiger partial charge in [0.05, 0.1) is 6.10 Å². The van der Waals surface area contributed by atoms with Crippen molar-refractivity contribution in [2.24, 2.45) is 23.2 Å². The Balaban J connectivity index is 2.04. The molecule has 0 radical (unpaired) electrons.